The topological polar surface area (TPSA) is 105 Å². The number of anilines is 2. The standard InChI is InChI=1S/C19H18FNO4.C18H18FNO/c20-12-4-3-5-13(10-12)21-19(24)16-8-9-17(25-11-18(22)23)15-7-2-1-6-14(15)16;1-12-9-10-17(16-8-3-2-7-15(12)16)18(21)20-14-6-4-5-13(19)11-14/h3-5,8-10H,1-2,6-7,11H2,(H,21,24)(H,22,23);4-6,9-11H,2-3,7-8H2,1H3,(H,20,21). The molecule has 4 aromatic carbocycles. The zero-order valence-corrected chi connectivity index (χ0v) is 25.6. The molecule has 2 aliphatic rings. The van der Waals surface area contributed by atoms with E-state index in [0.717, 1.165) is 67.2 Å². The van der Waals surface area contributed by atoms with Crippen molar-refractivity contribution in [3.8, 4) is 5.75 Å². The van der Waals surface area contributed by atoms with Gasteiger partial charge in [-0.25, -0.2) is 13.6 Å². The first-order valence-corrected chi connectivity index (χ1v) is 15.4. The Balaban J connectivity index is 0.000000184. The fourth-order valence-electron chi connectivity index (χ4n) is 6.11. The van der Waals surface area contributed by atoms with Gasteiger partial charge in [0, 0.05) is 22.5 Å². The van der Waals surface area contributed by atoms with Crippen molar-refractivity contribution in [3.63, 3.8) is 0 Å². The Morgan fingerprint density at radius 1 is 0.674 bits per heavy atom. The molecule has 0 bridgehead atoms. The number of hydrogen-bond donors (Lipinski definition) is 3. The Labute approximate surface area is 266 Å². The predicted octanol–water partition coefficient (Wildman–Crippen LogP) is 7.69. The minimum Gasteiger partial charge on any atom is -0.482 e. The van der Waals surface area contributed by atoms with E-state index in [1.165, 1.54) is 47.9 Å². The van der Waals surface area contributed by atoms with E-state index in [1.54, 1.807) is 30.3 Å². The second-order valence-electron chi connectivity index (χ2n) is 11.5. The molecule has 46 heavy (non-hydrogen) atoms. The monoisotopic (exact) mass is 626 g/mol. The highest BCUT2D eigenvalue weighted by Crippen LogP contribution is 2.33. The van der Waals surface area contributed by atoms with Gasteiger partial charge in [-0.05, 0) is 141 Å². The maximum Gasteiger partial charge on any atom is 0.341 e. The Bertz CT molecular complexity index is 1770. The number of carboxylic acids is 1. The van der Waals surface area contributed by atoms with Gasteiger partial charge >= 0.3 is 5.97 Å². The quantitative estimate of drug-likeness (QED) is 0.195. The number of ether oxygens (including phenoxy) is 1. The van der Waals surface area contributed by atoms with Crippen molar-refractivity contribution in [3.05, 3.63) is 123 Å². The summed E-state index contributed by atoms with van der Waals surface area (Å²) in [4.78, 5) is 35.8. The number of halogens is 2. The fourth-order valence-corrected chi connectivity index (χ4v) is 6.11. The molecule has 0 unspecified atom stereocenters. The molecule has 0 aromatic heterocycles. The van der Waals surface area contributed by atoms with Gasteiger partial charge in [0.1, 0.15) is 17.4 Å². The van der Waals surface area contributed by atoms with E-state index in [4.69, 9.17) is 9.84 Å². The second kappa shape index (κ2) is 14.8. The zero-order chi connectivity index (χ0) is 32.6. The minimum atomic E-state index is -1.04. The summed E-state index contributed by atoms with van der Waals surface area (Å²) in [7, 11) is 0. The lowest BCUT2D eigenvalue weighted by atomic mass is 9.85. The van der Waals surface area contributed by atoms with E-state index in [2.05, 4.69) is 17.6 Å². The summed E-state index contributed by atoms with van der Waals surface area (Å²) in [5, 5.41) is 14.3. The number of carbonyl (C=O) groups excluding carboxylic acids is 2. The molecule has 0 heterocycles. The van der Waals surface area contributed by atoms with Crippen LogP contribution in [0.25, 0.3) is 0 Å². The number of carboxylic acid groups (broad SMARTS) is 1. The first-order valence-electron chi connectivity index (χ1n) is 15.4. The Morgan fingerprint density at radius 2 is 1.15 bits per heavy atom. The zero-order valence-electron chi connectivity index (χ0n) is 25.6. The van der Waals surface area contributed by atoms with Crippen LogP contribution in [0, 0.1) is 18.6 Å². The van der Waals surface area contributed by atoms with Crippen LogP contribution < -0.4 is 15.4 Å². The number of nitrogens with one attached hydrogen (secondary N) is 2. The molecule has 0 spiro atoms. The third kappa shape index (κ3) is 7.96. The summed E-state index contributed by atoms with van der Waals surface area (Å²) in [6.07, 6.45) is 7.68. The number of rotatable bonds is 7. The second-order valence-corrected chi connectivity index (χ2v) is 11.5. The van der Waals surface area contributed by atoms with Crippen LogP contribution >= 0.6 is 0 Å². The number of hydrogen-bond acceptors (Lipinski definition) is 4. The Morgan fingerprint density at radius 3 is 1.67 bits per heavy atom. The maximum absolute atomic E-state index is 13.3. The number of carbonyl (C=O) groups is 3. The van der Waals surface area contributed by atoms with Gasteiger partial charge in [-0.2, -0.15) is 0 Å². The highest BCUT2D eigenvalue weighted by Gasteiger charge is 2.22. The third-order valence-electron chi connectivity index (χ3n) is 8.27. The summed E-state index contributed by atoms with van der Waals surface area (Å²) in [6, 6.07) is 18.9. The number of benzene rings is 4. The number of aliphatic carboxylic acids is 1. The van der Waals surface area contributed by atoms with Gasteiger partial charge < -0.3 is 20.5 Å². The molecule has 7 nitrogen and oxygen atoms in total. The first kappa shape index (κ1) is 32.3. The number of amides is 2. The molecule has 0 fully saturated rings. The lowest BCUT2D eigenvalue weighted by Crippen LogP contribution is -2.19. The molecule has 9 heteroatoms. The summed E-state index contributed by atoms with van der Waals surface area (Å²) in [5.74, 6) is -1.76. The van der Waals surface area contributed by atoms with Crippen LogP contribution in [0.4, 0.5) is 20.2 Å². The molecule has 0 saturated carbocycles. The van der Waals surface area contributed by atoms with Crippen molar-refractivity contribution in [2.75, 3.05) is 17.2 Å². The molecule has 0 saturated heterocycles. The normalized spacial score (nSPS) is 13.3. The smallest absolute Gasteiger partial charge is 0.341 e. The molecule has 0 atom stereocenters. The van der Waals surface area contributed by atoms with E-state index in [9.17, 15) is 23.2 Å². The molecule has 3 N–H and O–H groups in total. The van der Waals surface area contributed by atoms with Gasteiger partial charge in [-0.1, -0.05) is 18.2 Å². The third-order valence-corrected chi connectivity index (χ3v) is 8.27. The predicted molar refractivity (Wildman–Crippen MR) is 173 cm³/mol. The highest BCUT2D eigenvalue weighted by atomic mass is 19.1. The minimum absolute atomic E-state index is 0.154. The first-order chi connectivity index (χ1) is 22.2. The van der Waals surface area contributed by atoms with E-state index in [0.29, 0.717) is 22.7 Å². The number of aryl methyl sites for hydroxylation is 1. The fraction of sp³-hybridized carbons (Fsp3) is 0.270. The van der Waals surface area contributed by atoms with Gasteiger partial charge in [0.15, 0.2) is 6.61 Å². The highest BCUT2D eigenvalue weighted by molar-refractivity contribution is 6.06. The molecule has 0 radical (unpaired) electrons. The summed E-state index contributed by atoms with van der Waals surface area (Å²) >= 11 is 0. The van der Waals surface area contributed by atoms with E-state index >= 15 is 0 Å². The van der Waals surface area contributed by atoms with Crippen LogP contribution in [-0.4, -0.2) is 29.5 Å². The lowest BCUT2D eigenvalue weighted by molar-refractivity contribution is -0.139. The van der Waals surface area contributed by atoms with Gasteiger partial charge in [0.05, 0.1) is 0 Å². The average Bonchev–Trinajstić information content (AvgIpc) is 3.04. The molecule has 6 rings (SSSR count). The maximum atomic E-state index is 13.3. The molecule has 2 aliphatic carbocycles. The van der Waals surface area contributed by atoms with Crippen molar-refractivity contribution in [2.45, 2.75) is 58.3 Å². The van der Waals surface area contributed by atoms with Gasteiger partial charge in [-0.15, -0.1) is 0 Å². The van der Waals surface area contributed by atoms with Gasteiger partial charge in [-0.3, -0.25) is 9.59 Å². The average molecular weight is 627 g/mol. The lowest BCUT2D eigenvalue weighted by Gasteiger charge is -2.22. The van der Waals surface area contributed by atoms with Crippen LogP contribution in [0.15, 0.2) is 72.8 Å². The van der Waals surface area contributed by atoms with Crippen molar-refractivity contribution in [1.29, 1.82) is 0 Å². The van der Waals surface area contributed by atoms with E-state index < -0.39 is 18.4 Å². The molecular weight excluding hydrogens is 590 g/mol. The Hall–Kier alpha value is -5.05. The van der Waals surface area contributed by atoms with Crippen LogP contribution in [0.5, 0.6) is 5.75 Å². The summed E-state index contributed by atoms with van der Waals surface area (Å²) in [6.45, 7) is 1.68. The van der Waals surface area contributed by atoms with E-state index in [1.807, 2.05) is 12.1 Å². The molecule has 2 amide bonds. The summed E-state index contributed by atoms with van der Waals surface area (Å²) in [5.41, 5.74) is 7.62. The Kier molecular flexibility index (Phi) is 10.4. The van der Waals surface area contributed by atoms with Crippen LogP contribution in [-0.2, 0) is 30.5 Å². The molecular formula is C37H36F2N2O5. The van der Waals surface area contributed by atoms with Crippen molar-refractivity contribution in [2.24, 2.45) is 0 Å². The van der Waals surface area contributed by atoms with Gasteiger partial charge in [0.25, 0.3) is 11.8 Å². The molecule has 4 aromatic rings. The van der Waals surface area contributed by atoms with Crippen molar-refractivity contribution >= 4 is 29.2 Å². The van der Waals surface area contributed by atoms with E-state index in [-0.39, 0.29) is 17.6 Å². The largest absolute Gasteiger partial charge is 0.482 e. The van der Waals surface area contributed by atoms with Crippen LogP contribution in [0.3, 0.4) is 0 Å². The SMILES string of the molecule is Cc1ccc(C(=O)Nc2cccc(F)c2)c2c1CCCC2.O=C(O)COc1ccc(C(=O)Nc2cccc(F)c2)c2c1CCCC2. The van der Waals surface area contributed by atoms with Crippen LogP contribution in [0.1, 0.15) is 74.2 Å². The summed E-state index contributed by atoms with van der Waals surface area (Å²) < 4.78 is 31.8. The van der Waals surface area contributed by atoms with Crippen LogP contribution in [0.2, 0.25) is 0 Å². The number of fused-ring (bicyclic) bond motifs is 2. The molecule has 238 valence electrons. The van der Waals surface area contributed by atoms with Gasteiger partial charge in [0.2, 0.25) is 0 Å². The van der Waals surface area contributed by atoms with Crippen molar-refractivity contribution < 1.29 is 33.0 Å². The molecule has 0 aliphatic heterocycles. The van der Waals surface area contributed by atoms with Crippen molar-refractivity contribution in [1.82, 2.24) is 0 Å².